The van der Waals surface area contributed by atoms with E-state index in [1.54, 1.807) is 19.4 Å². The fourth-order valence-electron chi connectivity index (χ4n) is 5.45. The summed E-state index contributed by atoms with van der Waals surface area (Å²) in [6.07, 6.45) is 0. The predicted octanol–water partition coefficient (Wildman–Crippen LogP) is 4.91. The molecule has 0 aliphatic carbocycles. The summed E-state index contributed by atoms with van der Waals surface area (Å²) < 4.78 is 45.1. The van der Waals surface area contributed by atoms with Crippen molar-refractivity contribution in [1.29, 1.82) is 0 Å². The topological polar surface area (TPSA) is 100 Å². The van der Waals surface area contributed by atoms with Crippen LogP contribution in [0.5, 0.6) is 5.75 Å². The Kier molecular flexibility index (Phi) is 7.51. The molecule has 1 aliphatic rings. The highest BCUT2D eigenvalue weighted by Gasteiger charge is 2.28. The highest BCUT2D eigenvalue weighted by atomic mass is 31.2. The van der Waals surface area contributed by atoms with Crippen LogP contribution in [0.1, 0.15) is 37.8 Å². The van der Waals surface area contributed by atoms with Crippen molar-refractivity contribution in [3.05, 3.63) is 69.6 Å². The second-order valence-electron chi connectivity index (χ2n) is 11.3. The van der Waals surface area contributed by atoms with Crippen molar-refractivity contribution in [3.63, 3.8) is 0 Å². The van der Waals surface area contributed by atoms with Crippen molar-refractivity contribution in [3.8, 4) is 22.7 Å². The molecule has 8 nitrogen and oxygen atoms in total. The molecule has 0 saturated carbocycles. The van der Waals surface area contributed by atoms with Crippen LogP contribution in [-0.2, 0) is 4.57 Å². The smallest absolute Gasteiger partial charge is 0.355 e. The number of nitrogens with one attached hydrogen (secondary N) is 1. The highest BCUT2D eigenvalue weighted by molar-refractivity contribution is 7.70. The van der Waals surface area contributed by atoms with Gasteiger partial charge in [0.2, 0.25) is 0 Å². The number of phenols is 1. The molecule has 5 rings (SSSR count). The van der Waals surface area contributed by atoms with Crippen LogP contribution >= 0.6 is 7.14 Å². The number of fused-ring (bicyclic) bond motifs is 1. The first-order valence-electron chi connectivity index (χ1n) is 13.6. The van der Waals surface area contributed by atoms with Crippen LogP contribution in [0.4, 0.5) is 14.6 Å². The van der Waals surface area contributed by atoms with E-state index in [9.17, 15) is 18.9 Å². The van der Waals surface area contributed by atoms with Gasteiger partial charge >= 0.3 is 5.69 Å². The van der Waals surface area contributed by atoms with E-state index in [0.717, 1.165) is 11.6 Å². The molecule has 0 radical (unpaired) electrons. The lowest BCUT2D eigenvalue weighted by atomic mass is 9.97. The highest BCUT2D eigenvalue weighted by Crippen LogP contribution is 2.39. The zero-order valence-corrected chi connectivity index (χ0v) is 24.9. The molecule has 1 atom stereocenters. The molecule has 3 heterocycles. The maximum atomic E-state index is 15.8. The molecule has 216 valence electrons. The Morgan fingerprint density at radius 2 is 1.85 bits per heavy atom. The molecule has 1 fully saturated rings. The van der Waals surface area contributed by atoms with E-state index in [0.29, 0.717) is 36.2 Å². The Morgan fingerprint density at radius 1 is 1.12 bits per heavy atom. The molecule has 0 amide bonds. The summed E-state index contributed by atoms with van der Waals surface area (Å²) >= 11 is 0. The van der Waals surface area contributed by atoms with E-state index in [-0.39, 0.29) is 28.8 Å². The first kappa shape index (κ1) is 28.9. The second kappa shape index (κ2) is 10.7. The van der Waals surface area contributed by atoms with Gasteiger partial charge in [0.1, 0.15) is 30.2 Å². The molecule has 41 heavy (non-hydrogen) atoms. The molecule has 0 spiro atoms. The summed E-state index contributed by atoms with van der Waals surface area (Å²) in [5.41, 5.74) is 0.563. The minimum absolute atomic E-state index is 0.0384. The van der Waals surface area contributed by atoms with Crippen molar-refractivity contribution >= 4 is 29.3 Å². The SMILES string of the molecule is Cc1cc(P(C)(C)=O)cc(C(C)C)c1-n1c(=O)nc(N2CCNC[C@@H]2C)c2cc(F)c(-c3c(O)cccc3F)nc21. The minimum atomic E-state index is -2.63. The molecule has 2 aromatic heterocycles. The molecule has 11 heteroatoms. The van der Waals surface area contributed by atoms with E-state index in [1.165, 1.54) is 22.8 Å². The third kappa shape index (κ3) is 5.15. The van der Waals surface area contributed by atoms with Gasteiger partial charge in [0.15, 0.2) is 11.5 Å². The molecule has 2 N–H and O–H groups in total. The zero-order chi connectivity index (χ0) is 29.8. The standard InChI is InChI=1S/C30H34F2N5O3P/c1-16(2)20-13-19(41(5,6)40)12-17(3)27(20)37-29-21(28(35-30(37)39)36-11-10-33-15-18(36)4)14-23(32)26(34-29)25-22(31)8-7-9-24(25)38/h7-9,12-14,16,18,33,38H,10-11,15H2,1-6H3/t18-/m0/s1. The Morgan fingerprint density at radius 3 is 2.49 bits per heavy atom. The quantitative estimate of drug-likeness (QED) is 0.323. The predicted molar refractivity (Wildman–Crippen MR) is 160 cm³/mol. The maximum Gasteiger partial charge on any atom is 0.355 e. The number of aromatic hydroxyl groups is 1. The summed E-state index contributed by atoms with van der Waals surface area (Å²) in [7, 11) is -2.63. The van der Waals surface area contributed by atoms with Gasteiger partial charge in [0.25, 0.3) is 0 Å². The Balaban J connectivity index is 1.93. The Hall–Kier alpha value is -3.62. The number of aromatic nitrogens is 3. The summed E-state index contributed by atoms with van der Waals surface area (Å²) in [6.45, 7) is 12.9. The minimum Gasteiger partial charge on any atom is -0.507 e. The lowest BCUT2D eigenvalue weighted by Gasteiger charge is -2.35. The van der Waals surface area contributed by atoms with Crippen molar-refractivity contribution in [2.24, 2.45) is 0 Å². The van der Waals surface area contributed by atoms with Gasteiger partial charge in [-0.25, -0.2) is 23.1 Å². The number of pyridine rings is 1. The molecule has 2 aromatic carbocycles. The first-order chi connectivity index (χ1) is 19.3. The van der Waals surface area contributed by atoms with Crippen LogP contribution in [0.15, 0.2) is 41.2 Å². The van der Waals surface area contributed by atoms with Crippen molar-refractivity contribution in [1.82, 2.24) is 19.9 Å². The molecule has 1 aliphatic heterocycles. The number of hydrogen-bond acceptors (Lipinski definition) is 7. The third-order valence-electron chi connectivity index (χ3n) is 7.59. The van der Waals surface area contributed by atoms with Crippen LogP contribution in [-0.4, -0.2) is 58.6 Å². The number of anilines is 1. The first-order valence-corrected chi connectivity index (χ1v) is 16.2. The molecular weight excluding hydrogens is 547 g/mol. The summed E-state index contributed by atoms with van der Waals surface area (Å²) in [6, 6.07) is 8.49. The number of rotatable bonds is 5. The zero-order valence-electron chi connectivity index (χ0n) is 24.0. The fraction of sp³-hybridized carbons (Fsp3) is 0.367. The number of nitrogens with zero attached hydrogens (tertiary/aromatic N) is 4. The van der Waals surface area contributed by atoms with Crippen molar-refractivity contribution in [2.75, 3.05) is 37.9 Å². The van der Waals surface area contributed by atoms with Gasteiger partial charge in [-0.05, 0) is 74.6 Å². The number of aryl methyl sites for hydroxylation is 1. The fourth-order valence-corrected chi connectivity index (χ4v) is 6.40. The van der Waals surface area contributed by atoms with Gasteiger partial charge in [0.05, 0.1) is 16.6 Å². The van der Waals surface area contributed by atoms with E-state index < -0.39 is 41.5 Å². The molecule has 0 bridgehead atoms. The second-order valence-corrected chi connectivity index (χ2v) is 14.5. The maximum absolute atomic E-state index is 15.8. The van der Waals surface area contributed by atoms with Crippen LogP contribution in [0.2, 0.25) is 0 Å². The lowest BCUT2D eigenvalue weighted by Crippen LogP contribution is -2.50. The van der Waals surface area contributed by atoms with Gasteiger partial charge in [-0.15, -0.1) is 0 Å². The summed E-state index contributed by atoms with van der Waals surface area (Å²) in [5, 5.41) is 14.7. The number of halogens is 2. The van der Waals surface area contributed by atoms with Gasteiger partial charge in [-0.2, -0.15) is 4.98 Å². The average molecular weight is 582 g/mol. The van der Waals surface area contributed by atoms with Crippen molar-refractivity contribution < 1.29 is 18.5 Å². The molecular formula is C30H34F2N5O3P. The van der Waals surface area contributed by atoms with Gasteiger partial charge in [-0.1, -0.05) is 19.9 Å². The van der Waals surface area contributed by atoms with Gasteiger partial charge in [0, 0.05) is 31.0 Å². The molecule has 0 unspecified atom stereocenters. The average Bonchev–Trinajstić information content (AvgIpc) is 2.88. The van der Waals surface area contributed by atoms with Crippen LogP contribution in [0.25, 0.3) is 28.0 Å². The van der Waals surface area contributed by atoms with Gasteiger partial charge in [-0.3, -0.25) is 0 Å². The van der Waals surface area contributed by atoms with Crippen molar-refractivity contribution in [2.45, 2.75) is 39.7 Å². The molecule has 1 saturated heterocycles. The van der Waals surface area contributed by atoms with Gasteiger partial charge < -0.3 is 19.9 Å². The number of hydrogen-bond donors (Lipinski definition) is 2. The Bertz CT molecular complexity index is 1760. The van der Waals surface area contributed by atoms with E-state index in [2.05, 4.69) is 15.3 Å². The Labute approximate surface area is 237 Å². The lowest BCUT2D eigenvalue weighted by molar-refractivity contribution is 0.470. The number of piperazine rings is 1. The normalized spacial score (nSPS) is 16.1. The monoisotopic (exact) mass is 581 g/mol. The van der Waals surface area contributed by atoms with Crippen LogP contribution in [0.3, 0.4) is 0 Å². The van der Waals surface area contributed by atoms with E-state index in [1.807, 2.05) is 38.7 Å². The summed E-state index contributed by atoms with van der Waals surface area (Å²) in [4.78, 5) is 24.9. The number of phenolic OH excluding ortho intramolecular Hbond substituents is 1. The third-order valence-corrected chi connectivity index (χ3v) is 9.09. The molecule has 4 aromatic rings. The van der Waals surface area contributed by atoms with Crippen LogP contribution in [0, 0.1) is 18.6 Å². The number of benzene rings is 2. The largest absolute Gasteiger partial charge is 0.507 e. The van der Waals surface area contributed by atoms with E-state index in [4.69, 9.17) is 0 Å². The van der Waals surface area contributed by atoms with Crippen LogP contribution < -0.4 is 21.2 Å². The van der Waals surface area contributed by atoms with E-state index >= 15 is 4.39 Å². The summed E-state index contributed by atoms with van der Waals surface area (Å²) in [5.74, 6) is -1.97.